The van der Waals surface area contributed by atoms with Gasteiger partial charge in [-0.25, -0.2) is 9.48 Å². The lowest BCUT2D eigenvalue weighted by atomic mass is 9.86. The van der Waals surface area contributed by atoms with E-state index in [9.17, 15) is 9.59 Å². The molecule has 0 spiro atoms. The van der Waals surface area contributed by atoms with Crippen LogP contribution in [0.25, 0.3) is 0 Å². The molecule has 0 aliphatic heterocycles. The number of hydrogen-bond donors (Lipinski definition) is 0. The molecule has 2 aliphatic carbocycles. The summed E-state index contributed by atoms with van der Waals surface area (Å²) in [5.41, 5.74) is 4.06. The monoisotopic (exact) mass is 453 g/mol. The molecular weight excluding hydrogens is 426 g/mol. The highest BCUT2D eigenvalue weighted by atomic mass is 35.5. The van der Waals surface area contributed by atoms with Crippen molar-refractivity contribution in [1.82, 2.24) is 15.0 Å². The molecular formula is C25H28ClN3O3. The van der Waals surface area contributed by atoms with Crippen LogP contribution in [0.1, 0.15) is 50.8 Å². The van der Waals surface area contributed by atoms with Crippen molar-refractivity contribution >= 4 is 23.4 Å². The van der Waals surface area contributed by atoms with E-state index in [1.165, 1.54) is 5.57 Å². The summed E-state index contributed by atoms with van der Waals surface area (Å²) in [6, 6.07) is 7.56. The summed E-state index contributed by atoms with van der Waals surface area (Å²) < 4.78 is 7.16. The van der Waals surface area contributed by atoms with Gasteiger partial charge in [-0.2, -0.15) is 0 Å². The first-order valence-corrected chi connectivity index (χ1v) is 11.4. The molecule has 2 aliphatic rings. The Labute approximate surface area is 193 Å². The van der Waals surface area contributed by atoms with Crippen molar-refractivity contribution in [3.8, 4) is 0 Å². The number of allylic oxidation sites excluding steroid dienone is 2. The van der Waals surface area contributed by atoms with Crippen molar-refractivity contribution in [2.24, 2.45) is 17.8 Å². The van der Waals surface area contributed by atoms with E-state index in [1.54, 1.807) is 10.9 Å². The molecule has 0 N–H and O–H groups in total. The van der Waals surface area contributed by atoms with Crippen LogP contribution in [-0.4, -0.2) is 26.7 Å². The molecule has 6 nitrogen and oxygen atoms in total. The topological polar surface area (TPSA) is 74.1 Å². The van der Waals surface area contributed by atoms with Crippen molar-refractivity contribution in [1.29, 1.82) is 0 Å². The normalized spacial score (nSPS) is 23.1. The number of Topliss-reactive ketones (excluding diaryl/α,β-unsaturated/α-hetero) is 1. The Balaban J connectivity index is 1.35. The fourth-order valence-electron chi connectivity index (χ4n) is 4.79. The van der Waals surface area contributed by atoms with Crippen molar-refractivity contribution < 1.29 is 14.3 Å². The van der Waals surface area contributed by atoms with Gasteiger partial charge in [-0.1, -0.05) is 54.1 Å². The Bertz CT molecular complexity index is 1090. The first kappa shape index (κ1) is 22.5. The molecule has 0 unspecified atom stereocenters. The van der Waals surface area contributed by atoms with Gasteiger partial charge in [-0.3, -0.25) is 4.79 Å². The van der Waals surface area contributed by atoms with Crippen LogP contribution < -0.4 is 0 Å². The Hall–Kier alpha value is -2.73. The number of aromatic nitrogens is 3. The van der Waals surface area contributed by atoms with E-state index in [-0.39, 0.29) is 18.3 Å². The predicted octanol–water partition coefficient (Wildman–Crippen LogP) is 4.92. The van der Waals surface area contributed by atoms with E-state index in [2.05, 4.69) is 23.8 Å². The molecule has 1 saturated carbocycles. The van der Waals surface area contributed by atoms with E-state index < -0.39 is 5.97 Å². The molecule has 32 heavy (non-hydrogen) atoms. The number of hydrogen-bond acceptors (Lipinski definition) is 5. The lowest BCUT2D eigenvalue weighted by molar-refractivity contribution is -0.141. The number of rotatable bonds is 6. The van der Waals surface area contributed by atoms with Crippen molar-refractivity contribution in [3.05, 3.63) is 70.0 Å². The smallest absolute Gasteiger partial charge is 0.334 e. The molecule has 3 atom stereocenters. The van der Waals surface area contributed by atoms with Crippen LogP contribution in [0.2, 0.25) is 5.02 Å². The van der Waals surface area contributed by atoms with Gasteiger partial charge in [0.25, 0.3) is 0 Å². The van der Waals surface area contributed by atoms with E-state index in [0.29, 0.717) is 47.5 Å². The minimum atomic E-state index is -0.413. The summed E-state index contributed by atoms with van der Waals surface area (Å²) >= 11 is 6.20. The molecule has 168 valence electrons. The molecule has 7 heteroatoms. The SMILES string of the molecule is C=C(C(=O)OCc1cn(Cc2ccccc2Cl)nn1)[C@@H]1CC[C@H](C)[C@@H]2CC(=O)C(C)=C2C1. The Morgan fingerprint density at radius 1 is 1.28 bits per heavy atom. The zero-order chi connectivity index (χ0) is 22.8. The van der Waals surface area contributed by atoms with Gasteiger partial charge in [0.05, 0.1) is 12.7 Å². The Morgan fingerprint density at radius 2 is 2.06 bits per heavy atom. The number of carbonyl (C=O) groups excluding carboxylic acids is 2. The molecule has 1 aromatic carbocycles. The van der Waals surface area contributed by atoms with Crippen LogP contribution in [0.3, 0.4) is 0 Å². The summed E-state index contributed by atoms with van der Waals surface area (Å²) in [7, 11) is 0. The minimum absolute atomic E-state index is 0.00158. The number of ketones is 1. The van der Waals surface area contributed by atoms with Gasteiger partial charge < -0.3 is 4.74 Å². The highest BCUT2D eigenvalue weighted by Crippen LogP contribution is 2.45. The quantitative estimate of drug-likeness (QED) is 0.458. The van der Waals surface area contributed by atoms with Gasteiger partial charge in [0.1, 0.15) is 12.3 Å². The van der Waals surface area contributed by atoms with Gasteiger partial charge >= 0.3 is 5.97 Å². The summed E-state index contributed by atoms with van der Waals surface area (Å²) in [6.45, 7) is 8.69. The summed E-state index contributed by atoms with van der Waals surface area (Å²) in [6.07, 6.45) is 4.92. The van der Waals surface area contributed by atoms with Crippen molar-refractivity contribution in [3.63, 3.8) is 0 Å². The van der Waals surface area contributed by atoms with Gasteiger partial charge in [-0.15, -0.1) is 5.10 Å². The number of ether oxygens (including phenoxy) is 1. The van der Waals surface area contributed by atoms with Crippen LogP contribution in [0.4, 0.5) is 0 Å². The largest absolute Gasteiger partial charge is 0.456 e. The highest BCUT2D eigenvalue weighted by molar-refractivity contribution is 6.31. The van der Waals surface area contributed by atoms with E-state index in [0.717, 1.165) is 24.0 Å². The second-order valence-electron chi connectivity index (χ2n) is 8.94. The second-order valence-corrected chi connectivity index (χ2v) is 9.35. The molecule has 1 fully saturated rings. The van der Waals surface area contributed by atoms with Crippen LogP contribution in [0.5, 0.6) is 0 Å². The van der Waals surface area contributed by atoms with Crippen LogP contribution >= 0.6 is 11.6 Å². The summed E-state index contributed by atoms with van der Waals surface area (Å²) in [5, 5.41) is 8.85. The van der Waals surface area contributed by atoms with Gasteiger partial charge in [0.15, 0.2) is 5.78 Å². The number of benzene rings is 1. The summed E-state index contributed by atoms with van der Waals surface area (Å²) in [4.78, 5) is 24.9. The maximum atomic E-state index is 12.7. The first-order chi connectivity index (χ1) is 15.3. The number of carbonyl (C=O) groups is 2. The van der Waals surface area contributed by atoms with Gasteiger partial charge in [0.2, 0.25) is 0 Å². The number of esters is 1. The molecule has 0 saturated heterocycles. The molecule has 1 heterocycles. The van der Waals surface area contributed by atoms with Crippen molar-refractivity contribution in [2.45, 2.75) is 52.7 Å². The molecule has 0 amide bonds. The minimum Gasteiger partial charge on any atom is -0.456 e. The van der Waals surface area contributed by atoms with Gasteiger partial charge in [-0.05, 0) is 61.1 Å². The highest BCUT2D eigenvalue weighted by Gasteiger charge is 2.38. The van der Waals surface area contributed by atoms with Crippen molar-refractivity contribution in [2.75, 3.05) is 0 Å². The maximum absolute atomic E-state index is 12.7. The molecule has 2 aromatic rings. The molecule has 0 bridgehead atoms. The lowest BCUT2D eigenvalue weighted by Crippen LogP contribution is -2.16. The zero-order valence-corrected chi connectivity index (χ0v) is 19.3. The number of halogens is 1. The van der Waals surface area contributed by atoms with Crippen LogP contribution in [-0.2, 0) is 27.5 Å². The Kier molecular flexibility index (Phi) is 6.60. The average molecular weight is 454 g/mol. The molecule has 1 aromatic heterocycles. The fraction of sp³-hybridized carbons (Fsp3) is 0.440. The lowest BCUT2D eigenvalue weighted by Gasteiger charge is -2.18. The van der Waals surface area contributed by atoms with Gasteiger partial charge in [0, 0.05) is 17.0 Å². The maximum Gasteiger partial charge on any atom is 0.334 e. The van der Waals surface area contributed by atoms with E-state index >= 15 is 0 Å². The number of nitrogens with zero attached hydrogens (tertiary/aromatic N) is 3. The van der Waals surface area contributed by atoms with Crippen LogP contribution in [0.15, 0.2) is 53.8 Å². The number of fused-ring (bicyclic) bond motifs is 1. The van der Waals surface area contributed by atoms with E-state index in [1.807, 2.05) is 31.2 Å². The third-order valence-electron chi connectivity index (χ3n) is 6.86. The summed E-state index contributed by atoms with van der Waals surface area (Å²) in [5.74, 6) is 0.578. The fourth-order valence-corrected chi connectivity index (χ4v) is 4.99. The third-order valence-corrected chi connectivity index (χ3v) is 7.23. The zero-order valence-electron chi connectivity index (χ0n) is 18.5. The predicted molar refractivity (Wildman–Crippen MR) is 122 cm³/mol. The average Bonchev–Trinajstić information content (AvgIpc) is 3.29. The second kappa shape index (κ2) is 9.41. The Morgan fingerprint density at radius 3 is 2.84 bits per heavy atom. The molecule has 0 radical (unpaired) electrons. The third kappa shape index (κ3) is 4.70. The van der Waals surface area contributed by atoms with E-state index in [4.69, 9.17) is 16.3 Å². The molecule has 4 rings (SSSR count). The first-order valence-electron chi connectivity index (χ1n) is 11.0. The van der Waals surface area contributed by atoms with Crippen LogP contribution in [0, 0.1) is 17.8 Å². The standard InChI is InChI=1S/C25H28ClN3O3/c1-15-8-9-18(10-22-17(3)24(30)11-21(15)22)16(2)25(31)32-14-20-13-29(28-27-20)12-19-6-4-5-7-23(19)26/h4-7,13,15,18,21H,2,8-12,14H2,1,3H3/t15-,18+,21-/m0/s1.